The Labute approximate surface area is 212 Å². The predicted octanol–water partition coefficient (Wildman–Crippen LogP) is 3.78. The third-order valence-electron chi connectivity index (χ3n) is 8.15. The van der Waals surface area contributed by atoms with Crippen LogP contribution in [0.1, 0.15) is 36.6 Å². The molecule has 2 saturated carbocycles. The average Bonchev–Trinajstić information content (AvgIpc) is 3.49. The molecule has 10 heteroatoms. The van der Waals surface area contributed by atoms with Crippen molar-refractivity contribution in [3.8, 4) is 0 Å². The molecule has 2 aromatic rings. The number of hydrogen-bond acceptors (Lipinski definition) is 6. The maximum atomic E-state index is 13.6. The molecule has 1 aromatic carbocycles. The van der Waals surface area contributed by atoms with E-state index in [2.05, 4.69) is 33.0 Å². The number of halogens is 1. The van der Waals surface area contributed by atoms with Gasteiger partial charge in [-0.2, -0.15) is 0 Å². The van der Waals surface area contributed by atoms with Gasteiger partial charge in [0, 0.05) is 20.5 Å². The summed E-state index contributed by atoms with van der Waals surface area (Å²) in [6.07, 6.45) is 0.786. The van der Waals surface area contributed by atoms with Crippen LogP contribution >= 0.6 is 39.0 Å². The second-order valence-corrected chi connectivity index (χ2v) is 13.2. The Balaban J connectivity index is 1.44. The largest absolute Gasteiger partial charge is 0.480 e. The van der Waals surface area contributed by atoms with Crippen LogP contribution in [0.15, 0.2) is 38.6 Å². The topological polar surface area (TPSA) is 108 Å². The van der Waals surface area contributed by atoms with Crippen LogP contribution in [-0.4, -0.2) is 44.1 Å². The number of thiazole rings is 1. The van der Waals surface area contributed by atoms with Crippen molar-refractivity contribution in [3.05, 3.63) is 48.8 Å². The number of H-pyrrole nitrogens is 1. The number of carbonyl (C=O) groups is 3. The highest BCUT2D eigenvalue weighted by molar-refractivity contribution is 9.10. The van der Waals surface area contributed by atoms with E-state index in [1.807, 2.05) is 12.1 Å². The summed E-state index contributed by atoms with van der Waals surface area (Å²) in [6.45, 7) is 3.46. The number of amides is 2. The van der Waals surface area contributed by atoms with Crippen molar-refractivity contribution in [1.29, 1.82) is 0 Å². The van der Waals surface area contributed by atoms with E-state index in [0.717, 1.165) is 31.3 Å². The monoisotopic (exact) mass is 562 g/mol. The molecule has 8 unspecified atom stereocenters. The van der Waals surface area contributed by atoms with Crippen molar-refractivity contribution in [1.82, 2.24) is 9.88 Å². The number of carboxylic acid groups (broad SMARTS) is 1. The highest BCUT2D eigenvalue weighted by atomic mass is 79.9. The first-order chi connectivity index (χ1) is 16.2. The first-order valence-corrected chi connectivity index (χ1v) is 13.9. The van der Waals surface area contributed by atoms with Gasteiger partial charge in [-0.3, -0.25) is 19.3 Å². The molecule has 2 N–H and O–H groups in total. The molecule has 2 bridgehead atoms. The maximum absolute atomic E-state index is 13.6. The molecule has 8 atom stereocenters. The third-order valence-corrected chi connectivity index (χ3v) is 11.3. The summed E-state index contributed by atoms with van der Waals surface area (Å²) >= 11 is 6.36. The summed E-state index contributed by atoms with van der Waals surface area (Å²) in [6, 6.07) is 6.96. The van der Waals surface area contributed by atoms with Gasteiger partial charge in [0.15, 0.2) is 0 Å². The van der Waals surface area contributed by atoms with Gasteiger partial charge in [-0.05, 0) is 47.8 Å². The normalized spacial score (nSPS) is 34.4. The SMILES string of the molecule is CC(C)C(C(=O)O)N1C(=O)C2C3CC(C2C1=O)C1C(c2ccc(Br)cc2)c2sc(=O)[nH]c2SC31. The van der Waals surface area contributed by atoms with E-state index < -0.39 is 23.8 Å². The molecule has 7 nitrogen and oxygen atoms in total. The molecule has 1 aromatic heterocycles. The first kappa shape index (κ1) is 22.5. The second kappa shape index (κ2) is 7.80. The van der Waals surface area contributed by atoms with Crippen LogP contribution in [0.5, 0.6) is 0 Å². The van der Waals surface area contributed by atoms with E-state index in [4.69, 9.17) is 0 Å². The van der Waals surface area contributed by atoms with Crippen LogP contribution in [0, 0.1) is 35.5 Å². The van der Waals surface area contributed by atoms with Gasteiger partial charge in [0.2, 0.25) is 11.8 Å². The molecule has 3 heterocycles. The number of benzene rings is 1. The Bertz CT molecular complexity index is 1270. The minimum atomic E-state index is -1.14. The summed E-state index contributed by atoms with van der Waals surface area (Å²) in [5.41, 5.74) is 1.10. The van der Waals surface area contributed by atoms with Crippen molar-refractivity contribution in [2.45, 2.75) is 42.5 Å². The lowest BCUT2D eigenvalue weighted by atomic mass is 9.68. The second-order valence-electron chi connectivity index (χ2n) is 10.1. The number of imide groups is 1. The van der Waals surface area contributed by atoms with Crippen molar-refractivity contribution in [2.24, 2.45) is 35.5 Å². The average molecular weight is 563 g/mol. The summed E-state index contributed by atoms with van der Waals surface area (Å²) in [7, 11) is 0. The summed E-state index contributed by atoms with van der Waals surface area (Å²) in [5, 5.41) is 10.8. The Morgan fingerprint density at radius 3 is 2.38 bits per heavy atom. The van der Waals surface area contributed by atoms with E-state index >= 15 is 0 Å². The fourth-order valence-corrected chi connectivity index (χ4v) is 10.2. The zero-order chi connectivity index (χ0) is 24.0. The van der Waals surface area contributed by atoms with Crippen molar-refractivity contribution in [3.63, 3.8) is 0 Å². The minimum absolute atomic E-state index is 0.0115. The molecule has 178 valence electrons. The number of carboxylic acids is 1. The molecular weight excluding hydrogens is 540 g/mol. The number of fused-ring (bicyclic) bond motifs is 9. The maximum Gasteiger partial charge on any atom is 0.327 e. The lowest BCUT2D eigenvalue weighted by Gasteiger charge is -2.43. The Morgan fingerprint density at radius 2 is 1.76 bits per heavy atom. The standard InChI is InChI=1S/C24H23BrN2O5S2/c1-8(2)17(23(30)31)27-21(28)15-11-7-12(16(15)22(27)29)18-14(11)13(9-3-5-10(25)6-4-9)19-20(33-18)26-24(32)34-19/h3-6,8,11-18H,7H2,1-2H3,(H,26,32)(H,30,31). The molecule has 2 aliphatic heterocycles. The van der Waals surface area contributed by atoms with Crippen LogP contribution in [-0.2, 0) is 14.4 Å². The van der Waals surface area contributed by atoms with Crippen LogP contribution in [0.2, 0.25) is 0 Å². The first-order valence-electron chi connectivity index (χ1n) is 11.4. The number of hydrogen-bond donors (Lipinski definition) is 2. The third kappa shape index (κ3) is 3.00. The zero-order valence-corrected chi connectivity index (χ0v) is 21.7. The molecule has 34 heavy (non-hydrogen) atoms. The minimum Gasteiger partial charge on any atom is -0.480 e. The highest BCUT2D eigenvalue weighted by Gasteiger charge is 2.70. The Kier molecular flexibility index (Phi) is 5.17. The van der Waals surface area contributed by atoms with Gasteiger partial charge in [-0.1, -0.05) is 53.2 Å². The van der Waals surface area contributed by atoms with Gasteiger partial charge in [0.05, 0.1) is 16.9 Å². The molecular formula is C24H23BrN2O5S2. The molecule has 2 aliphatic carbocycles. The van der Waals surface area contributed by atoms with Crippen molar-refractivity contribution < 1.29 is 19.5 Å². The lowest BCUT2D eigenvalue weighted by Crippen LogP contribution is -2.49. The summed E-state index contributed by atoms with van der Waals surface area (Å²) < 4.78 is 0.967. The molecule has 1 saturated heterocycles. The fourth-order valence-electron chi connectivity index (χ4n) is 7.05. The van der Waals surface area contributed by atoms with Crippen molar-refractivity contribution in [2.75, 3.05) is 0 Å². The van der Waals surface area contributed by atoms with Crippen molar-refractivity contribution >= 4 is 56.8 Å². The number of rotatable bonds is 4. The molecule has 4 aliphatic rings. The number of aromatic nitrogens is 1. The van der Waals surface area contributed by atoms with Gasteiger partial charge in [0.25, 0.3) is 0 Å². The van der Waals surface area contributed by atoms with Gasteiger partial charge < -0.3 is 10.1 Å². The summed E-state index contributed by atoms with van der Waals surface area (Å²) in [4.78, 5) is 56.4. The number of carbonyl (C=O) groups excluding carboxylic acids is 2. The summed E-state index contributed by atoms with van der Waals surface area (Å²) in [5.74, 6) is -3.06. The van der Waals surface area contributed by atoms with Crippen LogP contribution < -0.4 is 4.87 Å². The van der Waals surface area contributed by atoms with Gasteiger partial charge in [-0.15, -0.1) is 11.8 Å². The zero-order valence-electron chi connectivity index (χ0n) is 18.4. The van der Waals surface area contributed by atoms with Crippen LogP contribution in [0.25, 0.3) is 0 Å². The molecule has 0 spiro atoms. The van der Waals surface area contributed by atoms with Gasteiger partial charge in [0.1, 0.15) is 6.04 Å². The molecule has 6 rings (SSSR count). The van der Waals surface area contributed by atoms with E-state index in [1.54, 1.807) is 25.6 Å². The van der Waals surface area contributed by atoms with Crippen LogP contribution in [0.3, 0.4) is 0 Å². The lowest BCUT2D eigenvalue weighted by molar-refractivity contribution is -0.157. The number of aliphatic carboxylic acids is 1. The van der Waals surface area contributed by atoms with E-state index in [-0.39, 0.29) is 51.5 Å². The van der Waals surface area contributed by atoms with E-state index in [9.17, 15) is 24.3 Å². The van der Waals surface area contributed by atoms with Gasteiger partial charge >= 0.3 is 10.8 Å². The Hall–Kier alpha value is -1.91. The van der Waals surface area contributed by atoms with Gasteiger partial charge in [-0.25, -0.2) is 4.79 Å². The highest BCUT2D eigenvalue weighted by Crippen LogP contribution is 2.68. The Morgan fingerprint density at radius 1 is 1.12 bits per heavy atom. The predicted molar refractivity (Wildman–Crippen MR) is 131 cm³/mol. The number of thioether (sulfide) groups is 1. The molecule has 2 amide bonds. The number of likely N-dealkylation sites (tertiary alicyclic amines) is 1. The number of nitrogens with zero attached hydrogens (tertiary/aromatic N) is 1. The number of aromatic amines is 1. The van der Waals surface area contributed by atoms with Crippen LogP contribution in [0.4, 0.5) is 0 Å². The smallest absolute Gasteiger partial charge is 0.327 e. The molecule has 0 radical (unpaired) electrons. The fraction of sp³-hybridized carbons (Fsp3) is 0.500. The van der Waals surface area contributed by atoms with E-state index in [1.165, 1.54) is 11.3 Å². The van der Waals surface area contributed by atoms with E-state index in [0.29, 0.717) is 0 Å². The molecule has 3 fully saturated rings. The number of nitrogens with one attached hydrogen (secondary N) is 1. The quantitative estimate of drug-likeness (QED) is 0.549.